The van der Waals surface area contributed by atoms with E-state index in [1.165, 1.54) is 16.4 Å². The quantitative estimate of drug-likeness (QED) is 0.665. The number of carbonyl (C=O) groups excluding carboxylic acids is 2. The molecule has 2 N–H and O–H groups in total. The van der Waals surface area contributed by atoms with Crippen molar-refractivity contribution in [2.75, 3.05) is 25.5 Å². The molecule has 1 fully saturated rings. The zero-order valence-electron chi connectivity index (χ0n) is 18.5. The third-order valence-electron chi connectivity index (χ3n) is 5.95. The Morgan fingerprint density at radius 1 is 1.21 bits per heavy atom. The van der Waals surface area contributed by atoms with E-state index in [4.69, 9.17) is 9.47 Å². The molecule has 1 atom stereocenters. The summed E-state index contributed by atoms with van der Waals surface area (Å²) in [6.07, 6.45) is 0.241. The maximum Gasteiger partial charge on any atom is 0.265 e. The SMILES string of the molecule is COc1cccc(CNC(=O)C2CCN(S(=O)(=O)c3ccc4c(c3)NC(=O)[C@H](C)O4)CC2)c1. The maximum absolute atomic E-state index is 13.1. The average molecular weight is 474 g/mol. The lowest BCUT2D eigenvalue weighted by atomic mass is 9.97. The molecule has 0 bridgehead atoms. The van der Waals surface area contributed by atoms with Crippen molar-refractivity contribution in [3.63, 3.8) is 0 Å². The van der Waals surface area contributed by atoms with Crippen molar-refractivity contribution < 1.29 is 27.5 Å². The van der Waals surface area contributed by atoms with Crippen LogP contribution in [0.3, 0.4) is 0 Å². The van der Waals surface area contributed by atoms with Gasteiger partial charge in [0, 0.05) is 25.6 Å². The molecule has 0 spiro atoms. The number of piperidine rings is 1. The molecule has 0 aromatic heterocycles. The van der Waals surface area contributed by atoms with Crippen molar-refractivity contribution in [2.45, 2.75) is 37.3 Å². The minimum atomic E-state index is -3.76. The fraction of sp³-hybridized carbons (Fsp3) is 0.391. The molecule has 2 heterocycles. The van der Waals surface area contributed by atoms with E-state index < -0.39 is 16.1 Å². The standard InChI is InChI=1S/C23H27N3O6S/c1-15-22(27)25-20-13-19(6-7-21(20)32-15)33(29,30)26-10-8-17(9-11-26)23(28)24-14-16-4-3-5-18(12-16)31-2/h3-7,12-13,15,17H,8-11,14H2,1-2H3,(H,24,28)(H,25,27)/t15-/m0/s1. The fourth-order valence-corrected chi connectivity index (χ4v) is 5.47. The molecule has 2 aromatic rings. The molecule has 0 saturated carbocycles. The van der Waals surface area contributed by atoms with Crippen LogP contribution in [0.5, 0.6) is 11.5 Å². The molecule has 0 unspecified atom stereocenters. The van der Waals surface area contributed by atoms with Crippen molar-refractivity contribution in [1.82, 2.24) is 9.62 Å². The van der Waals surface area contributed by atoms with Crippen molar-refractivity contribution in [1.29, 1.82) is 0 Å². The van der Waals surface area contributed by atoms with Crippen molar-refractivity contribution in [3.05, 3.63) is 48.0 Å². The fourth-order valence-electron chi connectivity index (χ4n) is 3.97. The van der Waals surface area contributed by atoms with Gasteiger partial charge < -0.3 is 20.1 Å². The smallest absolute Gasteiger partial charge is 0.265 e. The number of hydrogen-bond acceptors (Lipinski definition) is 6. The number of benzene rings is 2. The Kier molecular flexibility index (Phi) is 6.57. The zero-order chi connectivity index (χ0) is 23.6. The van der Waals surface area contributed by atoms with Gasteiger partial charge in [-0.15, -0.1) is 0 Å². The van der Waals surface area contributed by atoms with E-state index in [9.17, 15) is 18.0 Å². The van der Waals surface area contributed by atoms with Gasteiger partial charge in [-0.2, -0.15) is 4.31 Å². The number of carbonyl (C=O) groups is 2. The number of anilines is 1. The Morgan fingerprint density at radius 2 is 1.97 bits per heavy atom. The second kappa shape index (κ2) is 9.40. The van der Waals surface area contributed by atoms with Crippen molar-refractivity contribution in [2.24, 2.45) is 5.92 Å². The number of amides is 2. The van der Waals surface area contributed by atoms with Crippen LogP contribution in [0.15, 0.2) is 47.4 Å². The lowest BCUT2D eigenvalue weighted by Gasteiger charge is -2.31. The van der Waals surface area contributed by atoms with Crippen LogP contribution in [0.25, 0.3) is 0 Å². The molecule has 1 saturated heterocycles. The summed E-state index contributed by atoms with van der Waals surface area (Å²) in [4.78, 5) is 24.5. The van der Waals surface area contributed by atoms with E-state index in [2.05, 4.69) is 10.6 Å². The number of fused-ring (bicyclic) bond motifs is 1. The summed E-state index contributed by atoms with van der Waals surface area (Å²) in [6.45, 7) is 2.50. The second-order valence-corrected chi connectivity index (χ2v) is 10.1. The topological polar surface area (TPSA) is 114 Å². The highest BCUT2D eigenvalue weighted by Gasteiger charge is 2.33. The van der Waals surface area contributed by atoms with Gasteiger partial charge in [-0.3, -0.25) is 9.59 Å². The number of rotatable bonds is 6. The Labute approximate surface area is 193 Å². The molecule has 0 radical (unpaired) electrons. The second-order valence-electron chi connectivity index (χ2n) is 8.15. The number of nitrogens with zero attached hydrogens (tertiary/aromatic N) is 1. The molecule has 2 aliphatic rings. The predicted octanol–water partition coefficient (Wildman–Crippen LogP) is 2.13. The van der Waals surface area contributed by atoms with E-state index in [0.717, 1.165) is 11.3 Å². The summed E-state index contributed by atoms with van der Waals surface area (Å²) in [6, 6.07) is 11.9. The number of methoxy groups -OCH3 is 1. The number of hydrogen-bond donors (Lipinski definition) is 2. The highest BCUT2D eigenvalue weighted by Crippen LogP contribution is 2.33. The molecule has 0 aliphatic carbocycles. The minimum absolute atomic E-state index is 0.0839. The van der Waals surface area contributed by atoms with Gasteiger partial charge in [-0.1, -0.05) is 12.1 Å². The first-order valence-electron chi connectivity index (χ1n) is 10.8. The molecule has 176 valence electrons. The average Bonchev–Trinajstić information content (AvgIpc) is 2.83. The maximum atomic E-state index is 13.1. The van der Waals surface area contributed by atoms with Gasteiger partial charge in [0.15, 0.2) is 6.10 Å². The predicted molar refractivity (Wildman–Crippen MR) is 121 cm³/mol. The van der Waals surface area contributed by atoms with Gasteiger partial charge >= 0.3 is 0 Å². The highest BCUT2D eigenvalue weighted by atomic mass is 32.2. The van der Waals surface area contributed by atoms with Gasteiger partial charge in [0.1, 0.15) is 11.5 Å². The molecule has 10 heteroatoms. The van der Waals surface area contributed by atoms with Gasteiger partial charge in [0.2, 0.25) is 15.9 Å². The lowest BCUT2D eigenvalue weighted by molar-refractivity contribution is -0.126. The number of ether oxygens (including phenoxy) is 2. The molecular weight excluding hydrogens is 446 g/mol. The Hall–Kier alpha value is -3.11. The largest absolute Gasteiger partial charge is 0.497 e. The Balaban J connectivity index is 1.35. The monoisotopic (exact) mass is 473 g/mol. The summed E-state index contributed by atoms with van der Waals surface area (Å²) in [5, 5.41) is 5.60. The Bertz CT molecular complexity index is 1160. The number of nitrogens with one attached hydrogen (secondary N) is 2. The van der Waals surface area contributed by atoms with Crippen molar-refractivity contribution in [3.8, 4) is 11.5 Å². The molecule has 4 rings (SSSR count). The summed E-state index contributed by atoms with van der Waals surface area (Å²) in [7, 11) is -2.17. The first kappa shape index (κ1) is 23.1. The van der Waals surface area contributed by atoms with Crippen LogP contribution in [0.4, 0.5) is 5.69 Å². The van der Waals surface area contributed by atoms with E-state index in [1.807, 2.05) is 24.3 Å². The molecular formula is C23H27N3O6S. The van der Waals surface area contributed by atoms with Gasteiger partial charge in [-0.25, -0.2) is 8.42 Å². The molecule has 9 nitrogen and oxygen atoms in total. The lowest BCUT2D eigenvalue weighted by Crippen LogP contribution is -2.43. The summed E-state index contributed by atoms with van der Waals surface area (Å²) >= 11 is 0. The van der Waals surface area contributed by atoms with Crippen LogP contribution >= 0.6 is 0 Å². The van der Waals surface area contributed by atoms with Crippen LogP contribution in [0, 0.1) is 5.92 Å². The van der Waals surface area contributed by atoms with Gasteiger partial charge in [-0.05, 0) is 55.7 Å². The third-order valence-corrected chi connectivity index (χ3v) is 7.84. The van der Waals surface area contributed by atoms with Gasteiger partial charge in [0.05, 0.1) is 17.7 Å². The van der Waals surface area contributed by atoms with E-state index in [1.54, 1.807) is 20.1 Å². The first-order valence-corrected chi connectivity index (χ1v) is 12.2. The minimum Gasteiger partial charge on any atom is -0.497 e. The Morgan fingerprint density at radius 3 is 2.70 bits per heavy atom. The highest BCUT2D eigenvalue weighted by molar-refractivity contribution is 7.89. The molecule has 33 heavy (non-hydrogen) atoms. The van der Waals surface area contributed by atoms with Gasteiger partial charge in [0.25, 0.3) is 5.91 Å². The van der Waals surface area contributed by atoms with Crippen molar-refractivity contribution >= 4 is 27.5 Å². The van der Waals surface area contributed by atoms with Crippen LogP contribution in [-0.2, 0) is 26.2 Å². The summed E-state index contributed by atoms with van der Waals surface area (Å²) in [5.74, 6) is 0.505. The van der Waals surface area contributed by atoms with E-state index >= 15 is 0 Å². The molecule has 2 amide bonds. The van der Waals surface area contributed by atoms with E-state index in [0.29, 0.717) is 30.8 Å². The normalized spacial score (nSPS) is 19.2. The number of sulfonamides is 1. The van der Waals surface area contributed by atoms with Crippen LogP contribution in [-0.4, -0.2) is 50.8 Å². The third kappa shape index (κ3) is 4.96. The summed E-state index contributed by atoms with van der Waals surface area (Å²) in [5.41, 5.74) is 1.27. The van der Waals surface area contributed by atoms with Crippen LogP contribution in [0.1, 0.15) is 25.3 Å². The zero-order valence-corrected chi connectivity index (χ0v) is 19.4. The molecule has 2 aliphatic heterocycles. The van der Waals surface area contributed by atoms with E-state index in [-0.39, 0.29) is 35.7 Å². The summed E-state index contributed by atoms with van der Waals surface area (Å²) < 4.78 is 38.3. The first-order chi connectivity index (χ1) is 15.8. The van der Waals surface area contributed by atoms with Crippen LogP contribution in [0.2, 0.25) is 0 Å². The molecule has 2 aromatic carbocycles. The van der Waals surface area contributed by atoms with Crippen LogP contribution < -0.4 is 20.1 Å².